The minimum atomic E-state index is -3.67. The van der Waals surface area contributed by atoms with Crippen molar-refractivity contribution in [3.05, 3.63) is 176 Å². The Morgan fingerprint density at radius 3 is 1.26 bits per heavy atom. The Hall–Kier alpha value is -6.42. The highest BCUT2D eigenvalue weighted by molar-refractivity contribution is 8.13. The van der Waals surface area contributed by atoms with Gasteiger partial charge in [-0.3, -0.25) is 14.8 Å². The summed E-state index contributed by atoms with van der Waals surface area (Å²) in [5.41, 5.74) is 14.3. The molecular formula is C53H62ClN9O6S5. The van der Waals surface area contributed by atoms with Crippen LogP contribution in [0.25, 0.3) is 0 Å². The van der Waals surface area contributed by atoms with E-state index < -0.39 is 24.0 Å². The molecule has 21 heteroatoms. The number of nitrogens with one attached hydrogen (secondary N) is 4. The molecule has 3 heterocycles. The van der Waals surface area contributed by atoms with E-state index >= 15 is 0 Å². The first kappa shape index (κ1) is 58.5. The van der Waals surface area contributed by atoms with Crippen LogP contribution in [0.5, 0.6) is 0 Å². The first-order chi connectivity index (χ1) is 34.5. The number of halogens is 1. The summed E-state index contributed by atoms with van der Waals surface area (Å²) in [5, 5.41) is 28.8. The van der Waals surface area contributed by atoms with E-state index in [9.17, 15) is 26.9 Å². The number of hydrogen-bond acceptors (Lipinski definition) is 16. The summed E-state index contributed by atoms with van der Waals surface area (Å²) in [4.78, 5) is 24.5. The number of thiazole rings is 3. The molecule has 0 fully saturated rings. The van der Waals surface area contributed by atoms with Gasteiger partial charge < -0.3 is 21.7 Å². The van der Waals surface area contributed by atoms with Crippen LogP contribution in [-0.2, 0) is 35.3 Å². The van der Waals surface area contributed by atoms with Crippen LogP contribution >= 0.6 is 44.7 Å². The molecule has 0 radical (unpaired) electrons. The molecule has 15 nitrogen and oxygen atoms in total. The molecule has 0 atom stereocenters. The third-order valence-electron chi connectivity index (χ3n) is 10.4. The van der Waals surface area contributed by atoms with E-state index in [4.69, 9.17) is 16.4 Å². The maximum absolute atomic E-state index is 12.7. The number of benzene rings is 5. The van der Waals surface area contributed by atoms with Crippen molar-refractivity contribution < 1.29 is 21.8 Å². The second-order valence-electron chi connectivity index (χ2n) is 19.8. The highest BCUT2D eigenvalue weighted by Gasteiger charge is 2.22. The van der Waals surface area contributed by atoms with Crippen molar-refractivity contribution in [3.8, 4) is 0 Å². The Morgan fingerprint density at radius 1 is 0.514 bits per heavy atom. The first-order valence-corrected chi connectivity index (χ1v) is 29.4. The molecule has 0 spiro atoms. The topological polar surface area (TPSA) is 224 Å². The third kappa shape index (κ3) is 17.6. The van der Waals surface area contributed by atoms with Crippen LogP contribution in [0.2, 0.25) is 0 Å². The van der Waals surface area contributed by atoms with E-state index in [1.54, 1.807) is 78.1 Å². The van der Waals surface area contributed by atoms with E-state index in [1.165, 1.54) is 40.9 Å². The zero-order valence-electron chi connectivity index (χ0n) is 43.0. The Balaban J connectivity index is 0.000000191. The summed E-state index contributed by atoms with van der Waals surface area (Å²) in [5.74, 6) is 0. The Kier molecular flexibility index (Phi) is 19.5. The minimum Gasteiger partial charge on any atom is -0.397 e. The summed E-state index contributed by atoms with van der Waals surface area (Å²) >= 11 is 4.55. The average Bonchev–Trinajstić information content (AvgIpc) is 4.11. The number of nitrogen functional groups attached to an aromatic ring is 1. The van der Waals surface area contributed by atoms with E-state index in [1.807, 2.05) is 61.0 Å². The van der Waals surface area contributed by atoms with Gasteiger partial charge in [-0.2, -0.15) is 0 Å². The first-order valence-electron chi connectivity index (χ1n) is 23.0. The normalized spacial score (nSPS) is 11.6. The summed E-state index contributed by atoms with van der Waals surface area (Å²) in [6, 6.07) is 34.6. The maximum atomic E-state index is 12.7. The molecule has 5 aromatic carbocycles. The van der Waals surface area contributed by atoms with Crippen LogP contribution in [0, 0.1) is 24.0 Å². The number of aromatic nitrogens is 3. The third-order valence-corrected chi connectivity index (χ3v) is 15.4. The largest absolute Gasteiger partial charge is 0.397 e. The number of sulfonamides is 1. The van der Waals surface area contributed by atoms with Gasteiger partial charge in [0.15, 0.2) is 15.4 Å². The Labute approximate surface area is 451 Å². The van der Waals surface area contributed by atoms with Gasteiger partial charge in [-0.05, 0) is 68.4 Å². The number of rotatable bonds is 11. The second kappa shape index (κ2) is 24.7. The van der Waals surface area contributed by atoms with Gasteiger partial charge in [0.05, 0.1) is 54.5 Å². The highest BCUT2D eigenvalue weighted by Crippen LogP contribution is 2.34. The predicted molar refractivity (Wildman–Crippen MR) is 309 cm³/mol. The zero-order valence-corrected chi connectivity index (χ0v) is 47.9. The number of aryl methyl sites for hydroxylation is 2. The van der Waals surface area contributed by atoms with Crippen molar-refractivity contribution in [1.82, 2.24) is 15.0 Å². The number of anilines is 8. The number of nitrogens with zero attached hydrogens (tertiary/aromatic N) is 4. The molecule has 74 heavy (non-hydrogen) atoms. The van der Waals surface area contributed by atoms with Crippen LogP contribution in [0.1, 0.15) is 90.5 Å². The van der Waals surface area contributed by atoms with Crippen LogP contribution in [0.4, 0.5) is 49.5 Å². The molecule has 0 aliphatic carbocycles. The van der Waals surface area contributed by atoms with Crippen molar-refractivity contribution in [2.45, 2.75) is 102 Å². The van der Waals surface area contributed by atoms with Crippen LogP contribution in [0.15, 0.2) is 147 Å². The lowest BCUT2D eigenvalue weighted by atomic mass is 9.93. The SMILES string of the molecule is CC(C)(C)c1csc(Nc2ccccc2N)n1.CC(C)(C)c1csc(Nc2ccccc2[N+](=O)[O-])n1.Cc1ccc(S(=O)(=O)Cl)cc1.Cc1ccc(S(=O)(=O)Nc2ccccc2Nc2nc(C(C)(C)C)cs2)cc1. The Bertz CT molecular complexity index is 3360. The van der Waals surface area contributed by atoms with Gasteiger partial charge >= 0.3 is 0 Å². The van der Waals surface area contributed by atoms with Crippen molar-refractivity contribution in [2.75, 3.05) is 26.4 Å². The van der Waals surface area contributed by atoms with Gasteiger partial charge in [0.1, 0.15) is 5.69 Å². The molecular weight excluding hydrogens is 1050 g/mol. The van der Waals surface area contributed by atoms with Gasteiger partial charge in [-0.15, -0.1) is 34.0 Å². The molecule has 0 unspecified atom stereocenters. The maximum Gasteiger partial charge on any atom is 0.292 e. The fourth-order valence-electron chi connectivity index (χ4n) is 6.02. The second-order valence-corrected chi connectivity index (χ2v) is 26.6. The minimum absolute atomic E-state index is 0.0287. The monoisotopic (exact) mass is 1120 g/mol. The number of nitrogens with two attached hydrogens (primary N) is 1. The molecule has 3 aromatic heterocycles. The number of para-hydroxylation sites is 6. The predicted octanol–water partition coefficient (Wildman–Crippen LogP) is 15.1. The smallest absolute Gasteiger partial charge is 0.292 e. The summed E-state index contributed by atoms with van der Waals surface area (Å²) in [6.07, 6.45) is 0. The van der Waals surface area contributed by atoms with Gasteiger partial charge in [-0.25, -0.2) is 31.8 Å². The van der Waals surface area contributed by atoms with Crippen molar-refractivity contribution in [3.63, 3.8) is 0 Å². The molecule has 0 saturated carbocycles. The van der Waals surface area contributed by atoms with Crippen molar-refractivity contribution >= 4 is 113 Å². The van der Waals surface area contributed by atoms with Crippen LogP contribution in [0.3, 0.4) is 0 Å². The molecule has 0 aliphatic rings. The number of nitro benzene ring substituents is 1. The summed E-state index contributed by atoms with van der Waals surface area (Å²) in [6.45, 7) is 22.8. The molecule has 0 amide bonds. The number of hydrogen-bond donors (Lipinski definition) is 5. The lowest BCUT2D eigenvalue weighted by Gasteiger charge is -2.15. The van der Waals surface area contributed by atoms with Gasteiger partial charge in [0.2, 0.25) is 0 Å². The van der Waals surface area contributed by atoms with E-state index in [2.05, 4.69) is 103 Å². The van der Waals surface area contributed by atoms with Gasteiger partial charge in [-0.1, -0.05) is 134 Å². The quantitative estimate of drug-likeness (QED) is 0.0352. The fraction of sp³-hybridized carbons (Fsp3) is 0.264. The van der Waals surface area contributed by atoms with Gasteiger partial charge in [0.25, 0.3) is 24.8 Å². The van der Waals surface area contributed by atoms with Crippen molar-refractivity contribution in [1.29, 1.82) is 0 Å². The van der Waals surface area contributed by atoms with Crippen LogP contribution in [-0.4, -0.2) is 36.7 Å². The lowest BCUT2D eigenvalue weighted by molar-refractivity contribution is -0.383. The molecule has 0 saturated heterocycles. The summed E-state index contributed by atoms with van der Waals surface area (Å²) < 4.78 is 49.5. The molecule has 8 rings (SSSR count). The average molecular weight is 1120 g/mol. The molecule has 6 N–H and O–H groups in total. The molecule has 0 aliphatic heterocycles. The van der Waals surface area contributed by atoms with E-state index in [-0.39, 0.29) is 31.7 Å². The van der Waals surface area contributed by atoms with E-state index in [0.29, 0.717) is 22.2 Å². The standard InChI is InChI=1S/C20H23N3O2S2.C13H15N3O2S.C13H17N3S.C7H7ClO2S/c1-14-9-11-15(12-10-14)27(24,25)23-17-8-6-5-7-16(17)21-19-22-18(13-26-19)20(2,3)4;1-13(2,3)11-8-19-12(15-11)14-9-6-4-5-7-10(9)16(17)18;1-13(2,3)11-8-17-12(16-11)15-10-7-5-4-6-9(10)14;1-6-2-4-7(5-3-6)11(8,9)10/h5-13,23H,1-4H3,(H,21,22);4-8H,1-3H3,(H,14,15);4-8H,14H2,1-3H3,(H,15,16);2-5H,1H3. The molecule has 8 aromatic rings. The highest BCUT2D eigenvalue weighted by atomic mass is 35.7. The lowest BCUT2D eigenvalue weighted by Crippen LogP contribution is -2.14. The summed E-state index contributed by atoms with van der Waals surface area (Å²) in [7, 11) is -2.13. The van der Waals surface area contributed by atoms with Gasteiger partial charge in [0, 0.05) is 49.1 Å². The molecule has 0 bridgehead atoms. The molecule has 392 valence electrons. The zero-order chi connectivity index (χ0) is 54.6. The van der Waals surface area contributed by atoms with Crippen LogP contribution < -0.4 is 26.4 Å². The fourth-order valence-corrected chi connectivity index (χ4v) is 10.7. The Morgan fingerprint density at radius 2 is 0.865 bits per heavy atom. The van der Waals surface area contributed by atoms with Crippen molar-refractivity contribution in [2.24, 2.45) is 0 Å². The van der Waals surface area contributed by atoms with E-state index in [0.717, 1.165) is 49.8 Å². The number of nitro groups is 1.